The summed E-state index contributed by atoms with van der Waals surface area (Å²) in [5.74, 6) is 1.19. The molecule has 1 aromatic carbocycles. The fourth-order valence-electron chi connectivity index (χ4n) is 1.64. The average molecular weight is 226 g/mol. The maximum atomic E-state index is 11.7. The molecule has 1 aliphatic rings. The molecule has 2 rings (SSSR count). The van der Waals surface area contributed by atoms with E-state index in [2.05, 4.69) is 0 Å². The predicted molar refractivity (Wildman–Crippen MR) is 59.6 cm³/mol. The molecule has 1 heterocycles. The van der Waals surface area contributed by atoms with E-state index in [0.29, 0.717) is 25.5 Å². The van der Waals surface area contributed by atoms with E-state index in [-0.39, 0.29) is 5.91 Å². The van der Waals surface area contributed by atoms with Crippen LogP contribution in [0.15, 0.2) is 24.3 Å². The minimum atomic E-state index is 0.0563. The first-order valence-corrected chi connectivity index (χ1v) is 5.44. The summed E-state index contributed by atoms with van der Waals surface area (Å²) < 4.78 is 5.46. The molecule has 1 aromatic rings. The lowest BCUT2D eigenvalue weighted by Gasteiger charge is -2.29. The molecule has 1 aliphatic heterocycles. The Morgan fingerprint density at radius 3 is 3.07 bits per heavy atom. The molecule has 4 heteroatoms. The second-order valence-electron chi connectivity index (χ2n) is 3.30. The third kappa shape index (κ3) is 2.07. The van der Waals surface area contributed by atoms with Crippen molar-refractivity contribution in [2.75, 3.05) is 23.9 Å². The van der Waals surface area contributed by atoms with Crippen LogP contribution in [0.1, 0.15) is 6.42 Å². The smallest absolute Gasteiger partial charge is 0.228 e. The van der Waals surface area contributed by atoms with Crippen molar-refractivity contribution in [3.63, 3.8) is 0 Å². The van der Waals surface area contributed by atoms with Gasteiger partial charge in [-0.1, -0.05) is 12.1 Å². The highest BCUT2D eigenvalue weighted by molar-refractivity contribution is 6.19. The molecule has 0 bridgehead atoms. The topological polar surface area (TPSA) is 29.5 Å². The fourth-order valence-corrected chi connectivity index (χ4v) is 1.81. The number of halogens is 1. The number of anilines is 1. The quantitative estimate of drug-likeness (QED) is 0.721. The SMILES string of the molecule is O=C(CCCl)N1CCOc2ccccc21. The van der Waals surface area contributed by atoms with Gasteiger partial charge in [0.2, 0.25) is 5.91 Å². The number of ether oxygens (including phenoxy) is 1. The molecule has 0 unspecified atom stereocenters. The molecule has 3 nitrogen and oxygen atoms in total. The minimum Gasteiger partial charge on any atom is -0.490 e. The number of para-hydroxylation sites is 2. The highest BCUT2D eigenvalue weighted by atomic mass is 35.5. The number of carbonyl (C=O) groups excluding carboxylic acids is 1. The van der Waals surface area contributed by atoms with Crippen LogP contribution in [0.4, 0.5) is 5.69 Å². The Balaban J connectivity index is 2.25. The second kappa shape index (κ2) is 4.53. The molecule has 15 heavy (non-hydrogen) atoms. The van der Waals surface area contributed by atoms with E-state index >= 15 is 0 Å². The first-order chi connectivity index (χ1) is 7.33. The minimum absolute atomic E-state index is 0.0563. The van der Waals surface area contributed by atoms with Gasteiger partial charge >= 0.3 is 0 Å². The van der Waals surface area contributed by atoms with Gasteiger partial charge in [0.25, 0.3) is 0 Å². The third-order valence-electron chi connectivity index (χ3n) is 2.34. The highest BCUT2D eigenvalue weighted by Gasteiger charge is 2.22. The Labute approximate surface area is 93.6 Å². The third-order valence-corrected chi connectivity index (χ3v) is 2.53. The normalized spacial score (nSPS) is 14.3. The van der Waals surface area contributed by atoms with Crippen molar-refractivity contribution < 1.29 is 9.53 Å². The van der Waals surface area contributed by atoms with Crippen LogP contribution in [0.5, 0.6) is 5.75 Å². The molecule has 0 saturated heterocycles. The van der Waals surface area contributed by atoms with Crippen LogP contribution in [0.25, 0.3) is 0 Å². The lowest BCUT2D eigenvalue weighted by atomic mass is 10.2. The lowest BCUT2D eigenvalue weighted by molar-refractivity contribution is -0.118. The monoisotopic (exact) mass is 225 g/mol. The van der Waals surface area contributed by atoms with E-state index in [1.54, 1.807) is 4.90 Å². The number of amides is 1. The van der Waals surface area contributed by atoms with Crippen LogP contribution in [-0.4, -0.2) is 24.9 Å². The predicted octanol–water partition coefficient (Wildman–Crippen LogP) is 2.04. The van der Waals surface area contributed by atoms with Crippen molar-refractivity contribution >= 4 is 23.2 Å². The Kier molecular flexibility index (Phi) is 3.11. The number of benzene rings is 1. The van der Waals surface area contributed by atoms with Crippen molar-refractivity contribution in [2.45, 2.75) is 6.42 Å². The number of alkyl halides is 1. The molecule has 0 aromatic heterocycles. The van der Waals surface area contributed by atoms with E-state index in [4.69, 9.17) is 16.3 Å². The van der Waals surface area contributed by atoms with Crippen molar-refractivity contribution in [2.24, 2.45) is 0 Å². The van der Waals surface area contributed by atoms with Gasteiger partial charge in [-0.3, -0.25) is 4.79 Å². The second-order valence-corrected chi connectivity index (χ2v) is 3.68. The van der Waals surface area contributed by atoms with Gasteiger partial charge in [-0.25, -0.2) is 0 Å². The summed E-state index contributed by atoms with van der Waals surface area (Å²) in [5.41, 5.74) is 0.846. The largest absolute Gasteiger partial charge is 0.490 e. The van der Waals surface area contributed by atoms with Gasteiger partial charge in [0, 0.05) is 12.3 Å². The summed E-state index contributed by atoms with van der Waals surface area (Å²) in [6.45, 7) is 1.15. The van der Waals surface area contributed by atoms with Crippen LogP contribution in [-0.2, 0) is 4.79 Å². The van der Waals surface area contributed by atoms with Crippen LogP contribution >= 0.6 is 11.6 Å². The standard InChI is InChI=1S/C11H12ClNO2/c12-6-5-11(14)13-7-8-15-10-4-2-1-3-9(10)13/h1-4H,5-8H2. The zero-order valence-corrected chi connectivity index (χ0v) is 9.04. The molecular formula is C11H12ClNO2. The number of nitrogens with zero attached hydrogens (tertiary/aromatic N) is 1. The Hall–Kier alpha value is -1.22. The van der Waals surface area contributed by atoms with E-state index < -0.39 is 0 Å². The van der Waals surface area contributed by atoms with Crippen molar-refractivity contribution in [3.8, 4) is 5.75 Å². The van der Waals surface area contributed by atoms with Gasteiger partial charge in [-0.2, -0.15) is 0 Å². The summed E-state index contributed by atoms with van der Waals surface area (Å²) in [4.78, 5) is 13.5. The van der Waals surface area contributed by atoms with E-state index in [9.17, 15) is 4.79 Å². The van der Waals surface area contributed by atoms with Crippen molar-refractivity contribution in [3.05, 3.63) is 24.3 Å². The van der Waals surface area contributed by atoms with Crippen molar-refractivity contribution in [1.29, 1.82) is 0 Å². The van der Waals surface area contributed by atoms with Crippen LogP contribution in [0, 0.1) is 0 Å². The number of fused-ring (bicyclic) bond motifs is 1. The van der Waals surface area contributed by atoms with Gasteiger partial charge in [-0.05, 0) is 12.1 Å². The van der Waals surface area contributed by atoms with Gasteiger partial charge in [-0.15, -0.1) is 11.6 Å². The fraction of sp³-hybridized carbons (Fsp3) is 0.364. The first-order valence-electron chi connectivity index (χ1n) is 4.91. The molecule has 0 spiro atoms. The molecule has 0 N–H and O–H groups in total. The summed E-state index contributed by atoms with van der Waals surface area (Å²) in [5, 5.41) is 0. The summed E-state index contributed by atoms with van der Waals surface area (Å²) in [7, 11) is 0. The average Bonchev–Trinajstić information content (AvgIpc) is 2.28. The van der Waals surface area contributed by atoms with Crippen LogP contribution in [0.2, 0.25) is 0 Å². The molecule has 1 amide bonds. The van der Waals surface area contributed by atoms with Gasteiger partial charge in [0.05, 0.1) is 12.2 Å². The van der Waals surface area contributed by atoms with E-state index in [0.717, 1.165) is 11.4 Å². The maximum Gasteiger partial charge on any atom is 0.228 e. The van der Waals surface area contributed by atoms with Gasteiger partial charge in [0.15, 0.2) is 0 Å². The Morgan fingerprint density at radius 1 is 1.47 bits per heavy atom. The van der Waals surface area contributed by atoms with Crippen LogP contribution in [0.3, 0.4) is 0 Å². The van der Waals surface area contributed by atoms with Gasteiger partial charge in [0.1, 0.15) is 12.4 Å². The molecule has 0 radical (unpaired) electrons. The first kappa shape index (κ1) is 10.3. The molecule has 0 aliphatic carbocycles. The summed E-state index contributed by atoms with van der Waals surface area (Å²) >= 11 is 5.56. The van der Waals surface area contributed by atoms with E-state index in [1.807, 2.05) is 24.3 Å². The zero-order chi connectivity index (χ0) is 10.7. The number of carbonyl (C=O) groups is 1. The molecular weight excluding hydrogens is 214 g/mol. The molecule has 0 saturated carbocycles. The summed E-state index contributed by atoms with van der Waals surface area (Å²) in [6.07, 6.45) is 0.371. The van der Waals surface area contributed by atoms with E-state index in [1.165, 1.54) is 0 Å². The molecule has 80 valence electrons. The number of rotatable bonds is 2. The van der Waals surface area contributed by atoms with Crippen molar-refractivity contribution in [1.82, 2.24) is 0 Å². The number of hydrogen-bond acceptors (Lipinski definition) is 2. The Bertz CT molecular complexity index is 367. The number of hydrogen-bond donors (Lipinski definition) is 0. The molecule has 0 fully saturated rings. The Morgan fingerprint density at radius 2 is 2.27 bits per heavy atom. The zero-order valence-electron chi connectivity index (χ0n) is 8.28. The van der Waals surface area contributed by atoms with Crippen LogP contribution < -0.4 is 9.64 Å². The highest BCUT2D eigenvalue weighted by Crippen LogP contribution is 2.31. The maximum absolute atomic E-state index is 11.7. The van der Waals surface area contributed by atoms with Gasteiger partial charge < -0.3 is 9.64 Å². The lowest BCUT2D eigenvalue weighted by Crippen LogP contribution is -2.37. The molecule has 0 atom stereocenters. The summed E-state index contributed by atoms with van der Waals surface area (Å²) in [6, 6.07) is 7.55.